The molecular weight excluding hydrogens is 893 g/mol. The van der Waals surface area contributed by atoms with Crippen LogP contribution in [0.4, 0.5) is 34.1 Å². The number of aryl methyl sites for hydroxylation is 4. The van der Waals surface area contributed by atoms with E-state index < -0.39 is 0 Å². The molecule has 352 valence electrons. The summed E-state index contributed by atoms with van der Waals surface area (Å²) in [6.45, 7) is 8.75. The van der Waals surface area contributed by atoms with Crippen molar-refractivity contribution in [3.63, 3.8) is 0 Å². The molecule has 13 rings (SSSR count). The van der Waals surface area contributed by atoms with Gasteiger partial charge in [-0.05, 0) is 188 Å². The number of anilines is 6. The molecule has 0 amide bonds. The highest BCUT2D eigenvalue weighted by Gasteiger charge is 2.39. The molecule has 0 heterocycles. The van der Waals surface area contributed by atoms with Gasteiger partial charge in [0, 0.05) is 34.1 Å². The lowest BCUT2D eigenvalue weighted by atomic mass is 9.65. The zero-order valence-electron chi connectivity index (χ0n) is 42.1. The van der Waals surface area contributed by atoms with Gasteiger partial charge in [-0.3, -0.25) is 0 Å². The highest BCUT2D eigenvalue weighted by Crippen LogP contribution is 2.66. The number of rotatable bonds is 10. The molecule has 2 nitrogen and oxygen atoms in total. The quantitative estimate of drug-likeness (QED) is 0.135. The number of hydrogen-bond donors (Lipinski definition) is 0. The second-order valence-corrected chi connectivity index (χ2v) is 19.8. The Bertz CT molecular complexity index is 3800. The first-order valence-corrected chi connectivity index (χ1v) is 25.8. The summed E-state index contributed by atoms with van der Waals surface area (Å²) in [5.74, 6) is 0. The first-order valence-electron chi connectivity index (χ1n) is 25.8. The maximum atomic E-state index is 2.47. The molecule has 0 bridgehead atoms. The topological polar surface area (TPSA) is 6.48 Å². The van der Waals surface area contributed by atoms with Crippen molar-refractivity contribution in [3.05, 3.63) is 277 Å². The number of para-hydroxylation sites is 2. The van der Waals surface area contributed by atoms with E-state index in [1.54, 1.807) is 0 Å². The normalized spacial score (nSPS) is 11.5. The van der Waals surface area contributed by atoms with E-state index in [0.717, 1.165) is 34.1 Å². The van der Waals surface area contributed by atoms with Crippen molar-refractivity contribution in [2.45, 2.75) is 27.7 Å². The van der Waals surface area contributed by atoms with Gasteiger partial charge in [0.05, 0.1) is 0 Å². The molecule has 0 N–H and O–H groups in total. The van der Waals surface area contributed by atoms with Crippen LogP contribution in [0.15, 0.2) is 255 Å². The van der Waals surface area contributed by atoms with Crippen molar-refractivity contribution in [1.29, 1.82) is 0 Å². The van der Waals surface area contributed by atoms with E-state index in [4.69, 9.17) is 0 Å². The van der Waals surface area contributed by atoms with Crippen LogP contribution in [0.5, 0.6) is 0 Å². The van der Waals surface area contributed by atoms with Crippen LogP contribution in [0, 0.1) is 27.7 Å². The van der Waals surface area contributed by atoms with E-state index in [9.17, 15) is 0 Å². The van der Waals surface area contributed by atoms with Crippen LogP contribution in [0.3, 0.4) is 0 Å². The summed E-state index contributed by atoms with van der Waals surface area (Å²) in [7, 11) is 0. The largest absolute Gasteiger partial charge is 0.310 e. The Labute approximate surface area is 434 Å². The molecule has 12 aromatic rings. The minimum absolute atomic E-state index is 1.11. The highest BCUT2D eigenvalue weighted by molar-refractivity contribution is 6.33. The maximum absolute atomic E-state index is 2.47. The zero-order valence-corrected chi connectivity index (χ0v) is 42.1. The number of fused-ring (bicyclic) bond motifs is 6. The molecule has 74 heavy (non-hydrogen) atoms. The van der Waals surface area contributed by atoms with E-state index in [-0.39, 0.29) is 0 Å². The van der Waals surface area contributed by atoms with Gasteiger partial charge in [0.15, 0.2) is 0 Å². The fourth-order valence-corrected chi connectivity index (χ4v) is 11.7. The molecule has 1 aliphatic carbocycles. The Hall–Kier alpha value is -9.24. The lowest BCUT2D eigenvalue weighted by Crippen LogP contribution is -2.13. The molecule has 0 aromatic heterocycles. The smallest absolute Gasteiger partial charge is 0.0490 e. The fourth-order valence-electron chi connectivity index (χ4n) is 11.7. The van der Waals surface area contributed by atoms with Crippen LogP contribution in [0.2, 0.25) is 0 Å². The standard InChI is InChI=1S/C72H54N2/c1-47-33-37-55(38-34-47)73(63-31-19-17-21-49(63)3)57-41-43-59-61(45-57)67(53-27-13-7-14-28-53)71-69(65(59)51-23-9-5-10-24-51)70-66(52-25-11-6-12-26-52)60-44-42-58(46-62(60)68(72(70)71)54-29-15-8-16-30-54)74(56-39-35-48(2)36-40-56)64-32-20-18-22-50(64)4/h5-46H,1-4H3. The van der Waals surface area contributed by atoms with Gasteiger partial charge in [0.2, 0.25) is 0 Å². The molecule has 0 unspecified atom stereocenters. The Morgan fingerprint density at radius 1 is 0.216 bits per heavy atom. The van der Waals surface area contributed by atoms with Crippen molar-refractivity contribution >= 4 is 55.7 Å². The summed E-state index contributed by atoms with van der Waals surface area (Å²) in [5.41, 5.74) is 26.6. The fraction of sp³-hybridized carbons (Fsp3) is 0.0556. The molecule has 12 aromatic carbocycles. The van der Waals surface area contributed by atoms with Crippen molar-refractivity contribution in [3.8, 4) is 66.8 Å². The summed E-state index contributed by atoms with van der Waals surface area (Å²) in [4.78, 5) is 4.87. The van der Waals surface area contributed by atoms with E-state index >= 15 is 0 Å². The SMILES string of the molecule is Cc1ccc(N(c2ccc3c(-c4ccccc4)c4c(c(-c5ccccc5)c3c2)-c2c-4c(-c3ccccc3)c3ccc(N(c4ccc(C)cc4)c4ccccc4C)cc3c2-c2ccccc2)c2ccccc2C)cc1. The van der Waals surface area contributed by atoms with Gasteiger partial charge >= 0.3 is 0 Å². The summed E-state index contributed by atoms with van der Waals surface area (Å²) in [5, 5.41) is 4.86. The molecule has 0 radical (unpaired) electrons. The van der Waals surface area contributed by atoms with Gasteiger partial charge < -0.3 is 9.80 Å². The van der Waals surface area contributed by atoms with Crippen LogP contribution >= 0.6 is 0 Å². The maximum Gasteiger partial charge on any atom is 0.0490 e. The predicted octanol–water partition coefficient (Wildman–Crippen LogP) is 20.5. The highest BCUT2D eigenvalue weighted by atomic mass is 15.1. The minimum Gasteiger partial charge on any atom is -0.310 e. The second-order valence-electron chi connectivity index (χ2n) is 19.8. The van der Waals surface area contributed by atoms with E-state index in [2.05, 4.69) is 292 Å². The molecule has 1 aliphatic rings. The Morgan fingerprint density at radius 3 is 0.797 bits per heavy atom. The first kappa shape index (κ1) is 44.7. The molecule has 0 atom stereocenters. The van der Waals surface area contributed by atoms with Crippen molar-refractivity contribution < 1.29 is 0 Å². The average molecular weight is 947 g/mol. The molecule has 0 spiro atoms. The molecular formula is C72H54N2. The van der Waals surface area contributed by atoms with Gasteiger partial charge in [-0.25, -0.2) is 0 Å². The van der Waals surface area contributed by atoms with Gasteiger partial charge in [0.1, 0.15) is 0 Å². The summed E-state index contributed by atoms with van der Waals surface area (Å²) in [6.07, 6.45) is 0. The average Bonchev–Trinajstić information content (AvgIpc) is 3.57. The summed E-state index contributed by atoms with van der Waals surface area (Å²) < 4.78 is 0. The Morgan fingerprint density at radius 2 is 0.486 bits per heavy atom. The van der Waals surface area contributed by atoms with Crippen LogP contribution in [0.1, 0.15) is 22.3 Å². The van der Waals surface area contributed by atoms with Crippen LogP contribution in [0.25, 0.3) is 88.3 Å². The number of nitrogens with zero attached hydrogens (tertiary/aromatic N) is 2. The zero-order chi connectivity index (χ0) is 49.9. The lowest BCUT2D eigenvalue weighted by Gasteiger charge is -2.38. The lowest BCUT2D eigenvalue weighted by molar-refractivity contribution is 1.25. The number of benzene rings is 12. The Balaban J connectivity index is 1.20. The molecule has 2 heteroatoms. The molecule has 0 aliphatic heterocycles. The summed E-state index contributed by atoms with van der Waals surface area (Å²) >= 11 is 0. The van der Waals surface area contributed by atoms with Crippen LogP contribution in [-0.4, -0.2) is 0 Å². The van der Waals surface area contributed by atoms with E-state index in [0.29, 0.717) is 0 Å². The third-order valence-corrected chi connectivity index (χ3v) is 15.1. The third kappa shape index (κ3) is 7.49. The van der Waals surface area contributed by atoms with Crippen molar-refractivity contribution in [2.24, 2.45) is 0 Å². The number of hydrogen-bond acceptors (Lipinski definition) is 2. The van der Waals surface area contributed by atoms with Gasteiger partial charge in [0.25, 0.3) is 0 Å². The monoisotopic (exact) mass is 946 g/mol. The van der Waals surface area contributed by atoms with E-state index in [1.165, 1.54) is 111 Å². The minimum atomic E-state index is 1.11. The van der Waals surface area contributed by atoms with Gasteiger partial charge in [-0.1, -0.05) is 205 Å². The first-order chi connectivity index (χ1) is 36.4. The second kappa shape index (κ2) is 18.4. The van der Waals surface area contributed by atoms with Gasteiger partial charge in [-0.15, -0.1) is 0 Å². The van der Waals surface area contributed by atoms with Crippen molar-refractivity contribution in [2.75, 3.05) is 9.80 Å². The molecule has 0 saturated carbocycles. The predicted molar refractivity (Wildman–Crippen MR) is 316 cm³/mol. The molecule has 0 saturated heterocycles. The third-order valence-electron chi connectivity index (χ3n) is 15.1. The Kier molecular flexibility index (Phi) is 11.1. The van der Waals surface area contributed by atoms with Gasteiger partial charge in [-0.2, -0.15) is 0 Å². The van der Waals surface area contributed by atoms with E-state index in [1.807, 2.05) is 0 Å². The van der Waals surface area contributed by atoms with Crippen LogP contribution in [-0.2, 0) is 0 Å². The van der Waals surface area contributed by atoms with Crippen molar-refractivity contribution in [1.82, 2.24) is 0 Å². The molecule has 0 fully saturated rings. The summed E-state index contributed by atoms with van der Waals surface area (Å²) in [6, 6.07) is 94.3. The van der Waals surface area contributed by atoms with Crippen LogP contribution < -0.4 is 9.80 Å².